The van der Waals surface area contributed by atoms with E-state index in [0.29, 0.717) is 0 Å². The Morgan fingerprint density at radius 1 is 0.533 bits per heavy atom. The molecule has 4 nitrogen and oxygen atoms in total. The molecule has 30 heavy (non-hydrogen) atoms. The van der Waals surface area contributed by atoms with Crippen molar-refractivity contribution in [2.45, 2.75) is 66.5 Å². The molecule has 2 aromatic heterocycles. The molecule has 0 aliphatic heterocycles. The molecule has 0 spiro atoms. The molecule has 2 N–H and O–H groups in total. The first-order valence-corrected chi connectivity index (χ1v) is 10.5. The van der Waals surface area contributed by atoms with E-state index >= 15 is 0 Å². The van der Waals surface area contributed by atoms with Crippen molar-refractivity contribution < 1.29 is 20.1 Å². The Bertz CT molecular complexity index is 844. The van der Waals surface area contributed by atoms with E-state index in [1.54, 1.807) is 0 Å². The summed E-state index contributed by atoms with van der Waals surface area (Å²) in [6.45, 7) is 10.9. The fraction of sp³-hybridized carbons (Fsp3) is 0.385. The molecule has 0 radical (unpaired) electrons. The van der Waals surface area contributed by atoms with Gasteiger partial charge in [0.1, 0.15) is 13.1 Å². The molecular weight excluding hydrogens is 372 g/mol. The predicted molar refractivity (Wildman–Crippen MR) is 119 cm³/mol. The molecule has 0 amide bonds. The zero-order chi connectivity index (χ0) is 19.9. The van der Waals surface area contributed by atoms with Crippen LogP contribution in [-0.4, -0.2) is 11.0 Å². The standard InChI is InChI=1S/C26H34N2.2H2O/c1-21-13-17-27(19-23(21)3)15-5-7-25-9-11-26(12-10-25)8-6-16-28-18-14-22(2)24(4)20-28;;/h9-14,17-20H,5-8,15-16H2,1-4H3;2*1H2/q+2;;/p-2. The Labute approximate surface area is 181 Å². The van der Waals surface area contributed by atoms with Crippen LogP contribution in [0.4, 0.5) is 0 Å². The lowest BCUT2D eigenvalue weighted by atomic mass is 10.0. The maximum absolute atomic E-state index is 2.31. The largest absolute Gasteiger partial charge is 0.870 e. The van der Waals surface area contributed by atoms with Gasteiger partial charge in [0.05, 0.1) is 0 Å². The van der Waals surface area contributed by atoms with Gasteiger partial charge in [0.2, 0.25) is 0 Å². The second kappa shape index (κ2) is 12.2. The van der Waals surface area contributed by atoms with Crippen LogP contribution in [0.5, 0.6) is 0 Å². The third kappa shape index (κ3) is 7.36. The summed E-state index contributed by atoms with van der Waals surface area (Å²) >= 11 is 0. The van der Waals surface area contributed by atoms with Crippen LogP contribution >= 0.6 is 0 Å². The molecule has 0 aliphatic rings. The van der Waals surface area contributed by atoms with Gasteiger partial charge in [0.25, 0.3) is 0 Å². The van der Waals surface area contributed by atoms with Crippen LogP contribution in [0.25, 0.3) is 0 Å². The van der Waals surface area contributed by atoms with Crippen molar-refractivity contribution in [1.29, 1.82) is 0 Å². The van der Waals surface area contributed by atoms with Crippen LogP contribution in [0.1, 0.15) is 46.2 Å². The second-order valence-corrected chi connectivity index (χ2v) is 8.12. The van der Waals surface area contributed by atoms with Gasteiger partial charge in [-0.05, 0) is 62.8 Å². The van der Waals surface area contributed by atoms with Gasteiger partial charge in [0, 0.05) is 36.1 Å². The molecule has 0 aliphatic carbocycles. The Hall–Kier alpha value is -2.56. The highest BCUT2D eigenvalue weighted by Gasteiger charge is 2.05. The average molecular weight is 409 g/mol. The van der Waals surface area contributed by atoms with Gasteiger partial charge in [-0.1, -0.05) is 24.3 Å². The van der Waals surface area contributed by atoms with Crippen LogP contribution in [0.3, 0.4) is 0 Å². The van der Waals surface area contributed by atoms with Gasteiger partial charge in [-0.2, -0.15) is 0 Å². The Morgan fingerprint density at radius 3 is 1.23 bits per heavy atom. The van der Waals surface area contributed by atoms with Crippen molar-refractivity contribution in [2.24, 2.45) is 0 Å². The van der Waals surface area contributed by atoms with Crippen LogP contribution in [0, 0.1) is 27.7 Å². The molecule has 4 heteroatoms. The number of aryl methyl sites for hydroxylation is 8. The molecule has 3 rings (SSSR count). The number of hydrogen-bond donors (Lipinski definition) is 0. The minimum Gasteiger partial charge on any atom is -0.870 e. The van der Waals surface area contributed by atoms with E-state index in [0.717, 1.165) is 25.9 Å². The van der Waals surface area contributed by atoms with E-state index < -0.39 is 0 Å². The van der Waals surface area contributed by atoms with Gasteiger partial charge in [-0.3, -0.25) is 0 Å². The summed E-state index contributed by atoms with van der Waals surface area (Å²) in [5, 5.41) is 0. The van der Waals surface area contributed by atoms with E-state index in [1.807, 2.05) is 0 Å². The summed E-state index contributed by atoms with van der Waals surface area (Å²) in [5.74, 6) is 0. The fourth-order valence-electron chi connectivity index (χ4n) is 3.55. The monoisotopic (exact) mass is 408 g/mol. The number of aromatic nitrogens is 2. The van der Waals surface area contributed by atoms with Crippen molar-refractivity contribution in [2.75, 3.05) is 0 Å². The number of nitrogens with zero attached hydrogens (tertiary/aromatic N) is 2. The molecule has 162 valence electrons. The first-order chi connectivity index (χ1) is 13.5. The van der Waals surface area contributed by atoms with Crippen molar-refractivity contribution in [3.8, 4) is 0 Å². The van der Waals surface area contributed by atoms with Crippen molar-refractivity contribution in [3.63, 3.8) is 0 Å². The summed E-state index contributed by atoms with van der Waals surface area (Å²) in [7, 11) is 0. The van der Waals surface area contributed by atoms with Gasteiger partial charge < -0.3 is 11.0 Å². The number of pyridine rings is 2. The van der Waals surface area contributed by atoms with Crippen LogP contribution in [-0.2, 0) is 25.9 Å². The lowest BCUT2D eigenvalue weighted by Crippen LogP contribution is -2.33. The molecule has 0 saturated carbocycles. The van der Waals surface area contributed by atoms with Crippen LogP contribution in [0.2, 0.25) is 0 Å². The molecule has 0 saturated heterocycles. The third-order valence-electron chi connectivity index (χ3n) is 5.78. The zero-order valence-electron chi connectivity index (χ0n) is 18.8. The second-order valence-electron chi connectivity index (χ2n) is 8.12. The highest BCUT2D eigenvalue weighted by atomic mass is 16.0. The summed E-state index contributed by atoms with van der Waals surface area (Å²) < 4.78 is 4.61. The number of rotatable bonds is 8. The first kappa shape index (κ1) is 25.5. The van der Waals surface area contributed by atoms with Crippen LogP contribution < -0.4 is 9.13 Å². The Balaban J connectivity index is 0.00000225. The molecule has 2 heterocycles. The van der Waals surface area contributed by atoms with Gasteiger partial charge >= 0.3 is 0 Å². The number of benzene rings is 1. The number of hydrogen-bond acceptors (Lipinski definition) is 2. The van der Waals surface area contributed by atoms with E-state index in [1.165, 1.54) is 46.2 Å². The summed E-state index contributed by atoms with van der Waals surface area (Å²) in [5.41, 5.74) is 8.34. The Morgan fingerprint density at radius 2 is 0.900 bits per heavy atom. The predicted octanol–water partition coefficient (Wildman–Crippen LogP) is 4.41. The molecular formula is C26H36N2O2. The smallest absolute Gasteiger partial charge is 0.171 e. The van der Waals surface area contributed by atoms with E-state index in [4.69, 9.17) is 0 Å². The van der Waals surface area contributed by atoms with Gasteiger partial charge in [0.15, 0.2) is 24.8 Å². The minimum atomic E-state index is 0. The topological polar surface area (TPSA) is 67.8 Å². The fourth-order valence-corrected chi connectivity index (χ4v) is 3.55. The molecule has 0 fully saturated rings. The van der Waals surface area contributed by atoms with Crippen molar-refractivity contribution in [1.82, 2.24) is 0 Å². The summed E-state index contributed by atoms with van der Waals surface area (Å²) in [6.07, 6.45) is 13.5. The maximum Gasteiger partial charge on any atom is 0.171 e. The molecule has 1 aromatic carbocycles. The lowest BCUT2D eigenvalue weighted by Gasteiger charge is -2.04. The van der Waals surface area contributed by atoms with Crippen molar-refractivity contribution >= 4 is 0 Å². The van der Waals surface area contributed by atoms with Gasteiger partial charge in [-0.15, -0.1) is 0 Å². The minimum absolute atomic E-state index is 0. The van der Waals surface area contributed by atoms with E-state index in [-0.39, 0.29) is 11.0 Å². The van der Waals surface area contributed by atoms with Crippen LogP contribution in [0.15, 0.2) is 61.2 Å². The summed E-state index contributed by atoms with van der Waals surface area (Å²) in [4.78, 5) is 0. The SMILES string of the molecule is Cc1cc[n+](CCCc2ccc(CCC[n+]3ccc(C)c(C)c3)cc2)cc1C.[OH-].[OH-]. The zero-order valence-corrected chi connectivity index (χ0v) is 18.8. The maximum atomic E-state index is 2.31. The highest BCUT2D eigenvalue weighted by Crippen LogP contribution is 2.09. The average Bonchev–Trinajstić information content (AvgIpc) is 2.69. The van der Waals surface area contributed by atoms with Crippen molar-refractivity contribution in [3.05, 3.63) is 94.6 Å². The molecule has 0 bridgehead atoms. The highest BCUT2D eigenvalue weighted by molar-refractivity contribution is 5.22. The Kier molecular flexibility index (Phi) is 10.4. The molecule has 3 aromatic rings. The lowest BCUT2D eigenvalue weighted by molar-refractivity contribution is -0.697. The molecule has 0 atom stereocenters. The first-order valence-electron chi connectivity index (χ1n) is 10.5. The van der Waals surface area contributed by atoms with E-state index in [2.05, 4.69) is 98.0 Å². The summed E-state index contributed by atoms with van der Waals surface area (Å²) in [6, 6.07) is 13.7. The quantitative estimate of drug-likeness (QED) is 0.518. The third-order valence-corrected chi connectivity index (χ3v) is 5.78. The molecule has 0 unspecified atom stereocenters. The van der Waals surface area contributed by atoms with Gasteiger partial charge in [-0.25, -0.2) is 9.13 Å². The normalized spacial score (nSPS) is 10.3. The van der Waals surface area contributed by atoms with E-state index in [9.17, 15) is 0 Å².